The summed E-state index contributed by atoms with van der Waals surface area (Å²) in [6.45, 7) is 5.90. The zero-order chi connectivity index (χ0) is 19.8. The van der Waals surface area contributed by atoms with Crippen LogP contribution in [0.3, 0.4) is 0 Å². The Hall–Kier alpha value is -2.43. The number of rotatable bonds is 8. The lowest BCUT2D eigenvalue weighted by molar-refractivity contribution is -0.143. The number of carbonyl (C=O) groups excluding carboxylic acids is 2. The first-order valence-electron chi connectivity index (χ1n) is 8.39. The molecule has 0 radical (unpaired) electrons. The van der Waals surface area contributed by atoms with Gasteiger partial charge in [-0.2, -0.15) is 5.26 Å². The van der Waals surface area contributed by atoms with Gasteiger partial charge in [0.1, 0.15) is 17.7 Å². The second-order valence-electron chi connectivity index (χ2n) is 5.56. The number of nitriles is 1. The maximum absolute atomic E-state index is 12.0. The number of allylic oxidation sites excluding steroid dienone is 1. The van der Waals surface area contributed by atoms with Gasteiger partial charge in [-0.25, -0.2) is 4.79 Å². The molecule has 27 heavy (non-hydrogen) atoms. The molecule has 0 saturated carbocycles. The van der Waals surface area contributed by atoms with Crippen LogP contribution in [0, 0.1) is 11.3 Å². The van der Waals surface area contributed by atoms with Crippen LogP contribution >= 0.6 is 23.4 Å². The first-order valence-corrected chi connectivity index (χ1v) is 9.58. The number of unbranched alkanes of at least 4 members (excludes halogenated alkanes) is 1. The Labute approximate surface area is 167 Å². The van der Waals surface area contributed by atoms with Gasteiger partial charge >= 0.3 is 11.9 Å². The van der Waals surface area contributed by atoms with E-state index < -0.39 is 11.9 Å². The molecule has 0 amide bonds. The Kier molecular flexibility index (Phi) is 7.77. The van der Waals surface area contributed by atoms with Gasteiger partial charge in [0, 0.05) is 22.5 Å². The van der Waals surface area contributed by atoms with Gasteiger partial charge in [-0.05, 0) is 24.6 Å². The van der Waals surface area contributed by atoms with Crippen LogP contribution in [0.25, 0.3) is 0 Å². The van der Waals surface area contributed by atoms with Crippen molar-refractivity contribution in [3.05, 3.63) is 46.7 Å². The third kappa shape index (κ3) is 5.52. The smallest absolute Gasteiger partial charge is 0.330 e. The van der Waals surface area contributed by atoms with E-state index in [0.717, 1.165) is 29.5 Å². The summed E-state index contributed by atoms with van der Waals surface area (Å²) in [4.78, 5) is 25.9. The second-order valence-corrected chi connectivity index (χ2v) is 7.03. The van der Waals surface area contributed by atoms with Crippen LogP contribution in [0.1, 0.15) is 26.2 Å². The standard InChI is InChI=1S/C19H19ClN2O4S/c1-3-5-9-22-14-7-6-13(20)11-16(14)27-19(22)15(12-21)26-18(24)8-10-25-17(23)4-2/h4,6-7,11H,2-3,5,8-10H2,1H3/b19-15-. The maximum Gasteiger partial charge on any atom is 0.330 e. The molecule has 8 heteroatoms. The average Bonchev–Trinajstić information content (AvgIpc) is 3.01. The number of halogens is 1. The number of fused-ring (bicyclic) bond motifs is 1. The highest BCUT2D eigenvalue weighted by Crippen LogP contribution is 2.48. The van der Waals surface area contributed by atoms with Crippen molar-refractivity contribution >= 4 is 41.0 Å². The minimum absolute atomic E-state index is 0.0801. The molecule has 0 N–H and O–H groups in total. The third-order valence-electron chi connectivity index (χ3n) is 3.63. The molecule has 0 bridgehead atoms. The van der Waals surface area contributed by atoms with E-state index >= 15 is 0 Å². The highest BCUT2D eigenvalue weighted by molar-refractivity contribution is 8.03. The van der Waals surface area contributed by atoms with E-state index in [-0.39, 0.29) is 18.8 Å². The van der Waals surface area contributed by atoms with Crippen LogP contribution in [0.4, 0.5) is 5.69 Å². The van der Waals surface area contributed by atoms with Gasteiger partial charge in [0.25, 0.3) is 0 Å². The van der Waals surface area contributed by atoms with Crippen molar-refractivity contribution < 1.29 is 19.1 Å². The molecule has 0 spiro atoms. The Bertz CT molecular complexity index is 816. The molecule has 1 aromatic rings. The van der Waals surface area contributed by atoms with E-state index in [1.165, 1.54) is 11.8 Å². The minimum atomic E-state index is -0.652. The molecule has 0 fully saturated rings. The van der Waals surface area contributed by atoms with Gasteiger partial charge in [-0.15, -0.1) is 0 Å². The Morgan fingerprint density at radius 1 is 1.44 bits per heavy atom. The van der Waals surface area contributed by atoms with Gasteiger partial charge in [-0.3, -0.25) is 4.79 Å². The first kappa shape index (κ1) is 20.9. The molecule has 142 valence electrons. The summed E-state index contributed by atoms with van der Waals surface area (Å²) in [6.07, 6.45) is 2.75. The third-order valence-corrected chi connectivity index (χ3v) is 5.01. The fourth-order valence-corrected chi connectivity index (χ4v) is 3.74. The van der Waals surface area contributed by atoms with Crippen molar-refractivity contribution in [3.8, 4) is 6.07 Å². The van der Waals surface area contributed by atoms with Gasteiger partial charge in [-0.1, -0.05) is 43.3 Å². The zero-order valence-corrected chi connectivity index (χ0v) is 16.4. The number of benzene rings is 1. The lowest BCUT2D eigenvalue weighted by atomic mass is 10.2. The molecule has 0 atom stereocenters. The summed E-state index contributed by atoms with van der Waals surface area (Å²) in [6, 6.07) is 7.45. The quantitative estimate of drug-likeness (QED) is 0.274. The predicted molar refractivity (Wildman–Crippen MR) is 104 cm³/mol. The fourth-order valence-electron chi connectivity index (χ4n) is 2.34. The van der Waals surface area contributed by atoms with E-state index in [1.54, 1.807) is 6.07 Å². The number of carbonyl (C=O) groups is 2. The molecule has 1 heterocycles. The Morgan fingerprint density at radius 2 is 2.22 bits per heavy atom. The van der Waals surface area contributed by atoms with Crippen LogP contribution in [0.2, 0.25) is 5.02 Å². The molecular weight excluding hydrogens is 388 g/mol. The van der Waals surface area contributed by atoms with Crippen LogP contribution in [0.5, 0.6) is 0 Å². The normalized spacial score (nSPS) is 14.2. The van der Waals surface area contributed by atoms with Crippen molar-refractivity contribution in [1.82, 2.24) is 0 Å². The summed E-state index contributed by atoms with van der Waals surface area (Å²) in [7, 11) is 0. The van der Waals surface area contributed by atoms with Crippen molar-refractivity contribution in [3.63, 3.8) is 0 Å². The zero-order valence-electron chi connectivity index (χ0n) is 14.9. The van der Waals surface area contributed by atoms with Crippen LogP contribution in [-0.2, 0) is 19.1 Å². The van der Waals surface area contributed by atoms with E-state index in [4.69, 9.17) is 21.1 Å². The molecule has 0 unspecified atom stereocenters. The summed E-state index contributed by atoms with van der Waals surface area (Å²) >= 11 is 7.41. The van der Waals surface area contributed by atoms with Gasteiger partial charge in [0.15, 0.2) is 0 Å². The number of thioether (sulfide) groups is 1. The molecule has 0 aliphatic carbocycles. The lowest BCUT2D eigenvalue weighted by Gasteiger charge is -2.20. The molecule has 1 aliphatic heterocycles. The maximum atomic E-state index is 12.0. The molecular formula is C19H19ClN2O4S. The molecule has 0 saturated heterocycles. The monoisotopic (exact) mass is 406 g/mol. The van der Waals surface area contributed by atoms with Gasteiger partial charge in [0.05, 0.1) is 12.1 Å². The van der Waals surface area contributed by atoms with E-state index in [1.807, 2.05) is 23.1 Å². The lowest BCUT2D eigenvalue weighted by Crippen LogP contribution is -2.21. The number of hydrogen-bond donors (Lipinski definition) is 0. The number of ether oxygens (including phenoxy) is 2. The van der Waals surface area contributed by atoms with E-state index in [9.17, 15) is 14.9 Å². The Balaban J connectivity index is 2.18. The molecule has 6 nitrogen and oxygen atoms in total. The topological polar surface area (TPSA) is 79.6 Å². The molecule has 1 aliphatic rings. The summed E-state index contributed by atoms with van der Waals surface area (Å²) < 4.78 is 9.99. The second kappa shape index (κ2) is 10.0. The summed E-state index contributed by atoms with van der Waals surface area (Å²) in [5.74, 6) is -1.35. The van der Waals surface area contributed by atoms with Crippen LogP contribution < -0.4 is 4.90 Å². The van der Waals surface area contributed by atoms with Gasteiger partial charge in [0.2, 0.25) is 5.76 Å². The van der Waals surface area contributed by atoms with Crippen molar-refractivity contribution in [1.29, 1.82) is 5.26 Å². The van der Waals surface area contributed by atoms with E-state index in [2.05, 4.69) is 13.5 Å². The largest absolute Gasteiger partial charge is 0.462 e. The van der Waals surface area contributed by atoms with Crippen molar-refractivity contribution in [2.24, 2.45) is 0 Å². The highest BCUT2D eigenvalue weighted by atomic mass is 35.5. The van der Waals surface area contributed by atoms with Crippen molar-refractivity contribution in [2.45, 2.75) is 31.1 Å². The minimum Gasteiger partial charge on any atom is -0.462 e. The van der Waals surface area contributed by atoms with Crippen molar-refractivity contribution in [2.75, 3.05) is 18.1 Å². The summed E-state index contributed by atoms with van der Waals surface area (Å²) in [5, 5.41) is 10.7. The molecule has 1 aromatic carbocycles. The summed E-state index contributed by atoms with van der Waals surface area (Å²) in [5.41, 5.74) is 0.927. The molecule has 2 rings (SSSR count). The van der Waals surface area contributed by atoms with Crippen LogP contribution in [0.15, 0.2) is 46.5 Å². The Morgan fingerprint density at radius 3 is 2.89 bits per heavy atom. The highest BCUT2D eigenvalue weighted by Gasteiger charge is 2.29. The fraction of sp³-hybridized carbons (Fsp3) is 0.316. The number of anilines is 1. The first-order chi connectivity index (χ1) is 13.0. The van der Waals surface area contributed by atoms with Gasteiger partial charge < -0.3 is 14.4 Å². The number of esters is 2. The number of nitrogens with zero attached hydrogens (tertiary/aromatic N) is 2. The van der Waals surface area contributed by atoms with Crippen LogP contribution in [-0.4, -0.2) is 25.1 Å². The number of hydrogen-bond acceptors (Lipinski definition) is 7. The SMILES string of the molecule is C=CC(=O)OCCC(=O)O/C(C#N)=C1\Sc2cc(Cl)ccc2N1CCCC. The molecule has 0 aromatic heterocycles. The average molecular weight is 407 g/mol. The van der Waals surface area contributed by atoms with E-state index in [0.29, 0.717) is 16.6 Å². The predicted octanol–water partition coefficient (Wildman–Crippen LogP) is 4.41.